The highest BCUT2D eigenvalue weighted by Crippen LogP contribution is 2.32. The van der Waals surface area contributed by atoms with Crippen LogP contribution in [0.1, 0.15) is 24.8 Å². The van der Waals surface area contributed by atoms with Crippen LogP contribution in [0.3, 0.4) is 0 Å². The molecule has 4 nitrogen and oxygen atoms in total. The van der Waals surface area contributed by atoms with E-state index in [1.54, 1.807) is 0 Å². The standard InChI is InChI=1S/C17H24N2O2/c1-3-14-10-18-11-15(14)19(6-1)12-13-4-5-16-17(9-13)21-8-2-7-20-16/h4-5,9,14-15,18H,1-3,6-8,10-12H2. The Morgan fingerprint density at radius 2 is 2.00 bits per heavy atom. The minimum Gasteiger partial charge on any atom is -0.490 e. The van der Waals surface area contributed by atoms with Gasteiger partial charge in [-0.05, 0) is 49.5 Å². The van der Waals surface area contributed by atoms with Crippen LogP contribution in [-0.2, 0) is 6.54 Å². The Hall–Kier alpha value is -1.26. The van der Waals surface area contributed by atoms with Crippen molar-refractivity contribution in [2.24, 2.45) is 5.92 Å². The summed E-state index contributed by atoms with van der Waals surface area (Å²) in [4.78, 5) is 2.65. The van der Waals surface area contributed by atoms with E-state index in [4.69, 9.17) is 9.47 Å². The van der Waals surface area contributed by atoms with Gasteiger partial charge in [0.2, 0.25) is 0 Å². The summed E-state index contributed by atoms with van der Waals surface area (Å²) in [6.07, 6.45) is 3.67. The molecule has 21 heavy (non-hydrogen) atoms. The first-order valence-corrected chi connectivity index (χ1v) is 8.23. The zero-order chi connectivity index (χ0) is 14.1. The fourth-order valence-corrected chi connectivity index (χ4v) is 3.90. The molecule has 1 N–H and O–H groups in total. The molecule has 0 aromatic heterocycles. The first kappa shape index (κ1) is 13.4. The van der Waals surface area contributed by atoms with E-state index in [1.807, 2.05) is 0 Å². The average Bonchev–Trinajstić information content (AvgIpc) is 2.87. The minimum absolute atomic E-state index is 0.717. The van der Waals surface area contributed by atoms with Gasteiger partial charge in [-0.2, -0.15) is 0 Å². The molecule has 0 spiro atoms. The molecule has 0 aliphatic carbocycles. The number of nitrogens with zero attached hydrogens (tertiary/aromatic N) is 1. The number of piperidine rings is 1. The van der Waals surface area contributed by atoms with Crippen molar-refractivity contribution in [2.45, 2.75) is 31.8 Å². The normalized spacial score (nSPS) is 29.0. The number of hydrogen-bond acceptors (Lipinski definition) is 4. The summed E-state index contributed by atoms with van der Waals surface area (Å²) in [7, 11) is 0. The van der Waals surface area contributed by atoms with E-state index in [0.29, 0.717) is 0 Å². The van der Waals surface area contributed by atoms with Crippen LogP contribution in [0.4, 0.5) is 0 Å². The summed E-state index contributed by atoms with van der Waals surface area (Å²) in [5.41, 5.74) is 1.34. The minimum atomic E-state index is 0.717. The molecule has 2 unspecified atom stereocenters. The summed E-state index contributed by atoms with van der Waals surface area (Å²) < 4.78 is 11.5. The molecule has 4 heteroatoms. The third-order valence-electron chi connectivity index (χ3n) is 4.99. The first-order valence-electron chi connectivity index (χ1n) is 8.23. The number of nitrogens with one attached hydrogen (secondary N) is 1. The van der Waals surface area contributed by atoms with Crippen molar-refractivity contribution in [3.63, 3.8) is 0 Å². The zero-order valence-electron chi connectivity index (χ0n) is 12.5. The van der Waals surface area contributed by atoms with Crippen LogP contribution < -0.4 is 14.8 Å². The smallest absolute Gasteiger partial charge is 0.161 e. The zero-order valence-corrected chi connectivity index (χ0v) is 12.5. The van der Waals surface area contributed by atoms with E-state index >= 15 is 0 Å². The van der Waals surface area contributed by atoms with Gasteiger partial charge in [0.05, 0.1) is 13.2 Å². The second-order valence-electron chi connectivity index (χ2n) is 6.43. The van der Waals surface area contributed by atoms with Gasteiger partial charge in [-0.1, -0.05) is 6.07 Å². The molecular weight excluding hydrogens is 264 g/mol. The Morgan fingerprint density at radius 3 is 2.95 bits per heavy atom. The highest BCUT2D eigenvalue weighted by Gasteiger charge is 2.34. The second-order valence-corrected chi connectivity index (χ2v) is 6.43. The fraction of sp³-hybridized carbons (Fsp3) is 0.647. The largest absolute Gasteiger partial charge is 0.490 e. The lowest BCUT2D eigenvalue weighted by atomic mass is 9.91. The molecule has 1 aromatic carbocycles. The number of hydrogen-bond donors (Lipinski definition) is 1. The molecular formula is C17H24N2O2. The van der Waals surface area contributed by atoms with Gasteiger partial charge in [0.25, 0.3) is 0 Å². The van der Waals surface area contributed by atoms with Crippen molar-refractivity contribution >= 4 is 0 Å². The van der Waals surface area contributed by atoms with Gasteiger partial charge in [0.15, 0.2) is 11.5 Å². The maximum atomic E-state index is 5.81. The lowest BCUT2D eigenvalue weighted by molar-refractivity contribution is 0.117. The number of ether oxygens (including phenoxy) is 2. The van der Waals surface area contributed by atoms with Crippen LogP contribution in [0, 0.1) is 5.92 Å². The summed E-state index contributed by atoms with van der Waals surface area (Å²) in [6.45, 7) is 6.11. The van der Waals surface area contributed by atoms with Gasteiger partial charge in [-0.25, -0.2) is 0 Å². The van der Waals surface area contributed by atoms with Gasteiger partial charge < -0.3 is 14.8 Å². The quantitative estimate of drug-likeness (QED) is 0.903. The summed E-state index contributed by atoms with van der Waals surface area (Å²) in [5, 5.41) is 3.55. The van der Waals surface area contributed by atoms with E-state index in [2.05, 4.69) is 28.4 Å². The van der Waals surface area contributed by atoms with Crippen molar-refractivity contribution in [2.75, 3.05) is 32.8 Å². The monoisotopic (exact) mass is 288 g/mol. The van der Waals surface area contributed by atoms with Crippen molar-refractivity contribution < 1.29 is 9.47 Å². The van der Waals surface area contributed by atoms with E-state index < -0.39 is 0 Å². The maximum Gasteiger partial charge on any atom is 0.161 e. The van der Waals surface area contributed by atoms with Crippen molar-refractivity contribution in [3.05, 3.63) is 23.8 Å². The van der Waals surface area contributed by atoms with Crippen molar-refractivity contribution in [1.82, 2.24) is 10.2 Å². The molecule has 0 saturated carbocycles. The van der Waals surface area contributed by atoms with Crippen LogP contribution in [0.5, 0.6) is 11.5 Å². The Bertz CT molecular complexity index is 506. The van der Waals surface area contributed by atoms with Gasteiger partial charge in [-0.15, -0.1) is 0 Å². The molecule has 3 aliphatic rings. The predicted molar refractivity (Wildman–Crippen MR) is 81.8 cm³/mol. The number of fused-ring (bicyclic) bond motifs is 2. The van der Waals surface area contributed by atoms with Crippen molar-refractivity contribution in [1.29, 1.82) is 0 Å². The highest BCUT2D eigenvalue weighted by molar-refractivity contribution is 5.43. The molecule has 1 aromatic rings. The summed E-state index contributed by atoms with van der Waals surface area (Å²) in [6, 6.07) is 7.16. The van der Waals surface area contributed by atoms with Crippen LogP contribution in [0.2, 0.25) is 0 Å². The van der Waals surface area contributed by atoms with Crippen LogP contribution in [0.25, 0.3) is 0 Å². The molecule has 0 amide bonds. The maximum absolute atomic E-state index is 5.81. The van der Waals surface area contributed by atoms with E-state index in [0.717, 1.165) is 56.2 Å². The summed E-state index contributed by atoms with van der Waals surface area (Å²) in [5.74, 6) is 2.66. The molecule has 114 valence electrons. The molecule has 3 heterocycles. The van der Waals surface area contributed by atoms with Crippen molar-refractivity contribution in [3.8, 4) is 11.5 Å². The van der Waals surface area contributed by atoms with Gasteiger partial charge >= 0.3 is 0 Å². The Balaban J connectivity index is 1.50. The first-order chi connectivity index (χ1) is 10.4. The predicted octanol–water partition coefficient (Wildman–Crippen LogP) is 2.03. The Kier molecular flexibility index (Phi) is 3.74. The second kappa shape index (κ2) is 5.85. The van der Waals surface area contributed by atoms with E-state index in [1.165, 1.54) is 31.5 Å². The fourth-order valence-electron chi connectivity index (χ4n) is 3.90. The number of likely N-dealkylation sites (tertiary alicyclic amines) is 1. The van der Waals surface area contributed by atoms with Gasteiger partial charge in [-0.3, -0.25) is 4.90 Å². The Morgan fingerprint density at radius 1 is 1.10 bits per heavy atom. The molecule has 2 atom stereocenters. The van der Waals surface area contributed by atoms with Crippen LogP contribution in [-0.4, -0.2) is 43.8 Å². The average molecular weight is 288 g/mol. The molecule has 3 aliphatic heterocycles. The summed E-state index contributed by atoms with van der Waals surface area (Å²) >= 11 is 0. The van der Waals surface area contributed by atoms with Crippen LogP contribution in [0.15, 0.2) is 18.2 Å². The highest BCUT2D eigenvalue weighted by atomic mass is 16.5. The van der Waals surface area contributed by atoms with E-state index in [-0.39, 0.29) is 0 Å². The van der Waals surface area contributed by atoms with E-state index in [9.17, 15) is 0 Å². The molecule has 2 fully saturated rings. The molecule has 4 rings (SSSR count). The number of rotatable bonds is 2. The van der Waals surface area contributed by atoms with Gasteiger partial charge in [0, 0.05) is 25.6 Å². The Labute approximate surface area is 126 Å². The molecule has 2 saturated heterocycles. The molecule has 0 radical (unpaired) electrons. The van der Waals surface area contributed by atoms with Crippen LogP contribution >= 0.6 is 0 Å². The topological polar surface area (TPSA) is 33.7 Å². The van der Waals surface area contributed by atoms with Gasteiger partial charge in [0.1, 0.15) is 0 Å². The third-order valence-corrected chi connectivity index (χ3v) is 4.99. The lowest BCUT2D eigenvalue weighted by Crippen LogP contribution is -2.44. The lowest BCUT2D eigenvalue weighted by Gasteiger charge is -2.37. The third kappa shape index (κ3) is 2.74. The number of benzene rings is 1. The molecule has 0 bridgehead atoms. The SMILES string of the molecule is c1cc2c(cc1CN1CCCC3CNCC31)OCCCO2.